The van der Waals surface area contributed by atoms with Crippen LogP contribution in [0.25, 0.3) is 0 Å². The summed E-state index contributed by atoms with van der Waals surface area (Å²) in [5.41, 5.74) is 1.20. The molecule has 0 N–H and O–H groups in total. The average molecular weight is 403 g/mol. The molecule has 2 heteroatoms. The van der Waals surface area contributed by atoms with Crippen molar-refractivity contribution in [1.29, 1.82) is 0 Å². The van der Waals surface area contributed by atoms with Crippen LogP contribution in [0.3, 0.4) is 0 Å². The van der Waals surface area contributed by atoms with Crippen molar-refractivity contribution < 1.29 is 9.18 Å². The predicted molar refractivity (Wildman–Crippen MR) is 118 cm³/mol. The summed E-state index contributed by atoms with van der Waals surface area (Å²) in [5.74, 6) is 4.52. The molecule has 0 bridgehead atoms. The van der Waals surface area contributed by atoms with E-state index in [4.69, 9.17) is 0 Å². The van der Waals surface area contributed by atoms with E-state index in [2.05, 4.69) is 34.6 Å². The molecule has 0 saturated heterocycles. The van der Waals surface area contributed by atoms with E-state index < -0.39 is 6.17 Å². The molecule has 29 heavy (non-hydrogen) atoms. The van der Waals surface area contributed by atoms with Gasteiger partial charge < -0.3 is 0 Å². The molecule has 8 atom stereocenters. The van der Waals surface area contributed by atoms with Gasteiger partial charge in [-0.2, -0.15) is 0 Å². The molecule has 3 fully saturated rings. The monoisotopic (exact) mass is 402 g/mol. The largest absolute Gasteiger partial charge is 0.295 e. The Morgan fingerprint density at radius 1 is 1.03 bits per heavy atom. The first kappa shape index (κ1) is 21.6. The molecule has 164 valence electrons. The summed E-state index contributed by atoms with van der Waals surface area (Å²) in [5, 5.41) is 0. The SMILES string of the molecule is CC(C)CCC[C@@H](C)[C@H]1CC[C@H]2[C@@H]3CC(=O)C4=C[C@@H](F)CC[C@]4(C)[C@H]3CC[C@]12C. The van der Waals surface area contributed by atoms with Gasteiger partial charge in [-0.25, -0.2) is 4.39 Å². The van der Waals surface area contributed by atoms with E-state index in [9.17, 15) is 9.18 Å². The lowest BCUT2D eigenvalue weighted by Gasteiger charge is -2.58. The molecule has 0 amide bonds. The number of carbonyl (C=O) groups excluding carboxylic acids is 1. The van der Waals surface area contributed by atoms with Crippen molar-refractivity contribution in [2.75, 3.05) is 0 Å². The van der Waals surface area contributed by atoms with E-state index in [0.29, 0.717) is 36.0 Å². The van der Waals surface area contributed by atoms with Crippen molar-refractivity contribution >= 4 is 5.78 Å². The van der Waals surface area contributed by atoms with Gasteiger partial charge in [0.1, 0.15) is 6.17 Å². The highest BCUT2D eigenvalue weighted by atomic mass is 19.1. The van der Waals surface area contributed by atoms with Gasteiger partial charge in [-0.1, -0.05) is 53.9 Å². The van der Waals surface area contributed by atoms with Crippen molar-refractivity contribution in [1.82, 2.24) is 0 Å². The highest BCUT2D eigenvalue weighted by Gasteiger charge is 2.60. The minimum atomic E-state index is -0.907. The number of carbonyl (C=O) groups is 1. The Morgan fingerprint density at radius 3 is 2.52 bits per heavy atom. The number of rotatable bonds is 5. The summed E-state index contributed by atoms with van der Waals surface area (Å²) in [7, 11) is 0. The molecule has 0 heterocycles. The predicted octanol–water partition coefficient (Wildman–Crippen LogP) is 7.54. The molecule has 0 spiro atoms. The van der Waals surface area contributed by atoms with Crippen molar-refractivity contribution in [2.45, 2.75) is 105 Å². The first-order valence-electron chi connectivity index (χ1n) is 12.6. The third kappa shape index (κ3) is 3.55. The van der Waals surface area contributed by atoms with Crippen molar-refractivity contribution in [3.8, 4) is 0 Å². The summed E-state index contributed by atoms with van der Waals surface area (Å²) in [6.07, 6.45) is 12.2. The Labute approximate surface area is 178 Å². The first-order valence-corrected chi connectivity index (χ1v) is 12.6. The highest BCUT2D eigenvalue weighted by molar-refractivity contribution is 5.98. The molecule has 0 radical (unpaired) electrons. The fraction of sp³-hybridized carbons (Fsp3) is 0.889. The summed E-state index contributed by atoms with van der Waals surface area (Å²) < 4.78 is 14.1. The van der Waals surface area contributed by atoms with Crippen LogP contribution in [-0.4, -0.2) is 12.0 Å². The van der Waals surface area contributed by atoms with Crippen LogP contribution in [0.1, 0.15) is 98.8 Å². The number of allylic oxidation sites excluding steroid dienone is 2. The molecule has 4 aliphatic carbocycles. The molecule has 4 rings (SSSR count). The van der Waals surface area contributed by atoms with Crippen LogP contribution in [0.15, 0.2) is 11.6 Å². The van der Waals surface area contributed by atoms with Gasteiger partial charge in [0.25, 0.3) is 0 Å². The van der Waals surface area contributed by atoms with Gasteiger partial charge in [-0.15, -0.1) is 0 Å². The Balaban J connectivity index is 1.53. The summed E-state index contributed by atoms with van der Waals surface area (Å²) in [4.78, 5) is 13.1. The molecule has 0 aromatic carbocycles. The van der Waals surface area contributed by atoms with Crippen LogP contribution >= 0.6 is 0 Å². The lowest BCUT2D eigenvalue weighted by atomic mass is 9.46. The van der Waals surface area contributed by atoms with E-state index >= 15 is 0 Å². The third-order valence-corrected chi connectivity index (χ3v) is 10.1. The van der Waals surface area contributed by atoms with Gasteiger partial charge in [-0.05, 0) is 90.9 Å². The van der Waals surface area contributed by atoms with Gasteiger partial charge >= 0.3 is 0 Å². The lowest BCUT2D eigenvalue weighted by Crippen LogP contribution is -2.53. The molecule has 0 aromatic rings. The van der Waals surface area contributed by atoms with E-state index in [-0.39, 0.29) is 11.2 Å². The van der Waals surface area contributed by atoms with Gasteiger partial charge in [0.05, 0.1) is 0 Å². The van der Waals surface area contributed by atoms with E-state index in [0.717, 1.165) is 29.7 Å². The van der Waals surface area contributed by atoms with Crippen molar-refractivity contribution in [2.24, 2.45) is 46.3 Å². The first-order chi connectivity index (χ1) is 13.7. The number of Topliss-reactive ketones (excluding diaryl/α,β-unsaturated/α-hetero) is 1. The lowest BCUT2D eigenvalue weighted by molar-refractivity contribution is -0.129. The van der Waals surface area contributed by atoms with E-state index in [1.165, 1.54) is 44.9 Å². The van der Waals surface area contributed by atoms with Crippen molar-refractivity contribution in [3.05, 3.63) is 11.6 Å². The second kappa shape index (κ2) is 7.79. The van der Waals surface area contributed by atoms with Crippen LogP contribution in [-0.2, 0) is 4.79 Å². The average Bonchev–Trinajstić information content (AvgIpc) is 3.00. The van der Waals surface area contributed by atoms with Crippen LogP contribution in [0.2, 0.25) is 0 Å². The fourth-order valence-corrected chi connectivity index (χ4v) is 8.54. The number of alkyl halides is 1. The Kier molecular flexibility index (Phi) is 5.79. The molecule has 0 unspecified atom stereocenters. The maximum atomic E-state index is 14.1. The number of ketones is 1. The Hall–Kier alpha value is -0.660. The van der Waals surface area contributed by atoms with Crippen LogP contribution in [0.4, 0.5) is 4.39 Å². The van der Waals surface area contributed by atoms with Gasteiger partial charge in [-0.3, -0.25) is 4.79 Å². The normalized spacial score (nSPS) is 45.4. The number of hydrogen-bond donors (Lipinski definition) is 0. The molecule has 4 aliphatic rings. The van der Waals surface area contributed by atoms with Crippen LogP contribution in [0, 0.1) is 46.3 Å². The summed E-state index contributed by atoms with van der Waals surface area (Å²) >= 11 is 0. The quantitative estimate of drug-likeness (QED) is 0.464. The van der Waals surface area contributed by atoms with E-state index in [1.54, 1.807) is 6.08 Å². The minimum absolute atomic E-state index is 0.0646. The fourth-order valence-electron chi connectivity index (χ4n) is 8.54. The smallest absolute Gasteiger partial charge is 0.159 e. The maximum Gasteiger partial charge on any atom is 0.159 e. The summed E-state index contributed by atoms with van der Waals surface area (Å²) in [6.45, 7) is 12.0. The zero-order valence-electron chi connectivity index (χ0n) is 19.5. The van der Waals surface area contributed by atoms with E-state index in [1.807, 2.05) is 0 Å². The Bertz CT molecular complexity index is 665. The zero-order chi connectivity index (χ0) is 21.0. The molecule has 0 aromatic heterocycles. The highest BCUT2D eigenvalue weighted by Crippen LogP contribution is 2.67. The van der Waals surface area contributed by atoms with Crippen LogP contribution in [0.5, 0.6) is 0 Å². The molecular weight excluding hydrogens is 359 g/mol. The molecule has 3 saturated carbocycles. The zero-order valence-corrected chi connectivity index (χ0v) is 19.5. The molecule has 0 aliphatic heterocycles. The van der Waals surface area contributed by atoms with Gasteiger partial charge in [0.2, 0.25) is 0 Å². The number of halogens is 1. The standard InChI is InChI=1S/C27H43FO/c1-17(2)7-6-8-18(3)21-9-10-22-20-16-25(29)24-15-19(28)11-13-27(24,5)23(20)12-14-26(21,22)4/h15,17-23H,6-14,16H2,1-5H3/t18-,19+,20+,21-,22+,23+,26-,27-/m1/s1. The summed E-state index contributed by atoms with van der Waals surface area (Å²) in [6, 6.07) is 0. The second-order valence-corrected chi connectivity index (χ2v) is 12.1. The number of hydrogen-bond acceptors (Lipinski definition) is 1. The van der Waals surface area contributed by atoms with Gasteiger partial charge in [0.15, 0.2) is 5.78 Å². The van der Waals surface area contributed by atoms with Gasteiger partial charge in [0, 0.05) is 12.0 Å². The second-order valence-electron chi connectivity index (χ2n) is 12.1. The minimum Gasteiger partial charge on any atom is -0.295 e. The maximum absolute atomic E-state index is 14.1. The van der Waals surface area contributed by atoms with Crippen molar-refractivity contribution in [3.63, 3.8) is 0 Å². The third-order valence-electron chi connectivity index (χ3n) is 10.1. The number of fused-ring (bicyclic) bond motifs is 5. The molecule has 1 nitrogen and oxygen atoms in total. The van der Waals surface area contributed by atoms with Crippen LogP contribution < -0.4 is 0 Å². The topological polar surface area (TPSA) is 17.1 Å². The molecular formula is C27H43FO. The Morgan fingerprint density at radius 2 is 1.79 bits per heavy atom.